The maximum atomic E-state index is 5.68. The molecule has 5 nitrogen and oxygen atoms in total. The summed E-state index contributed by atoms with van der Waals surface area (Å²) in [6.07, 6.45) is 4.22. The summed E-state index contributed by atoms with van der Waals surface area (Å²) in [5.41, 5.74) is 7.92. The van der Waals surface area contributed by atoms with E-state index in [0.29, 0.717) is 11.9 Å². The van der Waals surface area contributed by atoms with Crippen LogP contribution in [0.25, 0.3) is 0 Å². The Bertz CT molecular complexity index is 569. The zero-order valence-corrected chi connectivity index (χ0v) is 11.9. The van der Waals surface area contributed by atoms with Gasteiger partial charge in [0.2, 0.25) is 0 Å². The molecule has 1 fully saturated rings. The van der Waals surface area contributed by atoms with E-state index in [1.54, 1.807) is 0 Å². The lowest BCUT2D eigenvalue weighted by Gasteiger charge is -2.31. The third-order valence-corrected chi connectivity index (χ3v) is 3.89. The zero-order valence-electron chi connectivity index (χ0n) is 11.9. The van der Waals surface area contributed by atoms with Gasteiger partial charge in [-0.2, -0.15) is 5.10 Å². The second kappa shape index (κ2) is 5.63. The molecule has 0 unspecified atom stereocenters. The molecule has 1 aliphatic heterocycles. The number of pyridine rings is 1. The molecule has 2 aromatic heterocycles. The number of anilines is 1. The van der Waals surface area contributed by atoms with Crippen molar-refractivity contribution >= 4 is 5.82 Å². The van der Waals surface area contributed by atoms with Gasteiger partial charge >= 0.3 is 0 Å². The highest BCUT2D eigenvalue weighted by molar-refractivity contribution is 5.24. The Morgan fingerprint density at radius 3 is 2.70 bits per heavy atom. The van der Waals surface area contributed by atoms with Gasteiger partial charge in [0.25, 0.3) is 0 Å². The third kappa shape index (κ3) is 2.99. The lowest BCUT2D eigenvalue weighted by atomic mass is 10.1. The number of rotatable bonds is 3. The highest BCUT2D eigenvalue weighted by Gasteiger charge is 2.21. The number of nitrogen functional groups attached to an aromatic ring is 1. The zero-order chi connectivity index (χ0) is 13.9. The van der Waals surface area contributed by atoms with Gasteiger partial charge in [0.1, 0.15) is 5.82 Å². The minimum absolute atomic E-state index is 0.481. The van der Waals surface area contributed by atoms with Crippen LogP contribution >= 0.6 is 0 Å². The number of aromatic nitrogens is 3. The predicted octanol–water partition coefficient (Wildman–Crippen LogP) is 2.01. The molecule has 2 aromatic rings. The maximum absolute atomic E-state index is 5.68. The molecular weight excluding hydrogens is 250 g/mol. The smallest absolute Gasteiger partial charge is 0.145 e. The van der Waals surface area contributed by atoms with Crippen LogP contribution in [0.4, 0.5) is 5.82 Å². The van der Waals surface area contributed by atoms with Gasteiger partial charge < -0.3 is 5.73 Å². The number of nitrogens with zero attached hydrogens (tertiary/aromatic N) is 4. The minimum Gasteiger partial charge on any atom is -0.382 e. The molecule has 20 heavy (non-hydrogen) atoms. The van der Waals surface area contributed by atoms with Crippen LogP contribution in [-0.4, -0.2) is 32.8 Å². The van der Waals surface area contributed by atoms with Crippen molar-refractivity contribution in [2.24, 2.45) is 0 Å². The molecule has 0 bridgehead atoms. The van der Waals surface area contributed by atoms with Crippen molar-refractivity contribution in [1.29, 1.82) is 0 Å². The van der Waals surface area contributed by atoms with Crippen molar-refractivity contribution in [1.82, 2.24) is 19.7 Å². The van der Waals surface area contributed by atoms with E-state index in [1.807, 2.05) is 29.9 Å². The topological polar surface area (TPSA) is 60.0 Å². The fourth-order valence-electron chi connectivity index (χ4n) is 2.81. The number of nitrogens with two attached hydrogens (primary N) is 1. The summed E-state index contributed by atoms with van der Waals surface area (Å²) in [5.74, 6) is 0.608. The van der Waals surface area contributed by atoms with Crippen LogP contribution in [0.1, 0.15) is 30.3 Å². The molecule has 0 aromatic carbocycles. The standard InChI is InChI=1S/C15H21N5/c1-12-3-2-4-13(17-12)11-19-8-5-14(6-9-19)20-10-7-15(16)18-20/h2-4,7,10,14H,5-6,8-9,11H2,1H3,(H2,16,18). The van der Waals surface area contributed by atoms with Crippen LogP contribution < -0.4 is 5.73 Å². The van der Waals surface area contributed by atoms with Crippen molar-refractivity contribution in [3.05, 3.63) is 41.9 Å². The molecule has 0 amide bonds. The predicted molar refractivity (Wildman–Crippen MR) is 79.2 cm³/mol. The van der Waals surface area contributed by atoms with Crippen LogP contribution in [0.15, 0.2) is 30.5 Å². The maximum Gasteiger partial charge on any atom is 0.145 e. The SMILES string of the molecule is Cc1cccc(CN2CCC(n3ccc(N)n3)CC2)n1. The number of piperidine rings is 1. The average molecular weight is 271 g/mol. The number of hydrogen-bond acceptors (Lipinski definition) is 4. The first kappa shape index (κ1) is 13.1. The van der Waals surface area contributed by atoms with E-state index >= 15 is 0 Å². The molecular formula is C15H21N5. The summed E-state index contributed by atoms with van der Waals surface area (Å²) in [6.45, 7) is 5.15. The molecule has 3 rings (SSSR count). The minimum atomic E-state index is 0.481. The lowest BCUT2D eigenvalue weighted by Crippen LogP contribution is -2.34. The molecule has 1 aliphatic rings. The largest absolute Gasteiger partial charge is 0.382 e. The number of likely N-dealkylation sites (tertiary alicyclic amines) is 1. The molecule has 0 atom stereocenters. The van der Waals surface area contributed by atoms with Crippen molar-refractivity contribution < 1.29 is 0 Å². The summed E-state index contributed by atoms with van der Waals surface area (Å²) in [6, 6.07) is 8.57. The Kier molecular flexibility index (Phi) is 3.69. The quantitative estimate of drug-likeness (QED) is 0.927. The highest BCUT2D eigenvalue weighted by Crippen LogP contribution is 2.23. The molecule has 0 radical (unpaired) electrons. The van der Waals surface area contributed by atoms with Crippen LogP contribution in [-0.2, 0) is 6.54 Å². The monoisotopic (exact) mass is 271 g/mol. The van der Waals surface area contributed by atoms with Crippen LogP contribution in [0.2, 0.25) is 0 Å². The fraction of sp³-hybridized carbons (Fsp3) is 0.467. The Morgan fingerprint density at radius 1 is 1.25 bits per heavy atom. The summed E-state index contributed by atoms with van der Waals surface area (Å²) < 4.78 is 2.01. The normalized spacial score (nSPS) is 17.4. The van der Waals surface area contributed by atoms with Gasteiger partial charge in [0, 0.05) is 31.5 Å². The molecule has 0 saturated carbocycles. The summed E-state index contributed by atoms with van der Waals surface area (Å²) >= 11 is 0. The van der Waals surface area contributed by atoms with E-state index in [1.165, 1.54) is 0 Å². The van der Waals surface area contributed by atoms with Crippen molar-refractivity contribution in [3.63, 3.8) is 0 Å². The highest BCUT2D eigenvalue weighted by atomic mass is 15.3. The van der Waals surface area contributed by atoms with Gasteiger partial charge in [-0.05, 0) is 38.0 Å². The lowest BCUT2D eigenvalue weighted by molar-refractivity contribution is 0.172. The molecule has 5 heteroatoms. The average Bonchev–Trinajstić information content (AvgIpc) is 2.86. The molecule has 1 saturated heterocycles. The van der Waals surface area contributed by atoms with Gasteiger partial charge in [-0.1, -0.05) is 6.07 Å². The van der Waals surface area contributed by atoms with Crippen molar-refractivity contribution in [2.75, 3.05) is 18.8 Å². The van der Waals surface area contributed by atoms with Gasteiger partial charge in [-0.25, -0.2) is 0 Å². The van der Waals surface area contributed by atoms with Gasteiger partial charge in [0.05, 0.1) is 11.7 Å². The second-order valence-corrected chi connectivity index (χ2v) is 5.50. The van der Waals surface area contributed by atoms with Crippen LogP contribution in [0, 0.1) is 6.92 Å². The Morgan fingerprint density at radius 2 is 2.05 bits per heavy atom. The third-order valence-electron chi connectivity index (χ3n) is 3.89. The van der Waals surface area contributed by atoms with E-state index in [0.717, 1.165) is 43.9 Å². The Labute approximate surface area is 119 Å². The van der Waals surface area contributed by atoms with E-state index in [9.17, 15) is 0 Å². The van der Waals surface area contributed by atoms with E-state index < -0.39 is 0 Å². The van der Waals surface area contributed by atoms with Gasteiger partial charge in [-0.3, -0.25) is 14.6 Å². The summed E-state index contributed by atoms with van der Waals surface area (Å²) in [5, 5.41) is 4.32. The van der Waals surface area contributed by atoms with Crippen molar-refractivity contribution in [2.45, 2.75) is 32.4 Å². The van der Waals surface area contributed by atoms with E-state index in [2.05, 4.69) is 27.1 Å². The molecule has 106 valence electrons. The molecule has 2 N–H and O–H groups in total. The Balaban J connectivity index is 1.56. The Hall–Kier alpha value is -1.88. The fourth-order valence-corrected chi connectivity index (χ4v) is 2.81. The van der Waals surface area contributed by atoms with Crippen LogP contribution in [0.5, 0.6) is 0 Å². The van der Waals surface area contributed by atoms with E-state index in [4.69, 9.17) is 5.73 Å². The summed E-state index contributed by atoms with van der Waals surface area (Å²) in [7, 11) is 0. The van der Waals surface area contributed by atoms with E-state index in [-0.39, 0.29) is 0 Å². The first-order valence-corrected chi connectivity index (χ1v) is 7.16. The summed E-state index contributed by atoms with van der Waals surface area (Å²) in [4.78, 5) is 7.04. The molecule has 0 aliphatic carbocycles. The number of hydrogen-bond donors (Lipinski definition) is 1. The van der Waals surface area contributed by atoms with Crippen molar-refractivity contribution in [3.8, 4) is 0 Å². The van der Waals surface area contributed by atoms with Gasteiger partial charge in [0.15, 0.2) is 0 Å². The first-order chi connectivity index (χ1) is 9.70. The first-order valence-electron chi connectivity index (χ1n) is 7.16. The number of aryl methyl sites for hydroxylation is 1. The second-order valence-electron chi connectivity index (χ2n) is 5.50. The molecule has 0 spiro atoms. The van der Waals surface area contributed by atoms with Crippen LogP contribution in [0.3, 0.4) is 0 Å². The molecule has 3 heterocycles. The van der Waals surface area contributed by atoms with Gasteiger partial charge in [-0.15, -0.1) is 0 Å².